The van der Waals surface area contributed by atoms with Gasteiger partial charge in [0.15, 0.2) is 0 Å². The van der Waals surface area contributed by atoms with E-state index in [1.807, 2.05) is 0 Å². The highest BCUT2D eigenvalue weighted by Gasteiger charge is 2.35. The normalized spacial score (nSPS) is 29.1. The molecule has 1 aromatic rings. The minimum Gasteiger partial charge on any atom is -0.508 e. The van der Waals surface area contributed by atoms with Gasteiger partial charge in [-0.15, -0.1) is 0 Å². The molecule has 2 unspecified atom stereocenters. The van der Waals surface area contributed by atoms with Crippen molar-refractivity contribution in [1.29, 1.82) is 0 Å². The fourth-order valence-corrected chi connectivity index (χ4v) is 3.72. The van der Waals surface area contributed by atoms with Gasteiger partial charge in [0.05, 0.1) is 0 Å². The zero-order chi connectivity index (χ0) is 14.1. The lowest BCUT2D eigenvalue weighted by Gasteiger charge is -2.37. The largest absolute Gasteiger partial charge is 0.508 e. The number of phenols is 1. The highest BCUT2D eigenvalue weighted by Crippen LogP contribution is 2.31. The monoisotopic (exact) mass is 278 g/mol. The minimum absolute atomic E-state index is 0.196. The average molecular weight is 278 g/mol. The van der Waals surface area contributed by atoms with Gasteiger partial charge in [0.1, 0.15) is 11.6 Å². The third-order valence-corrected chi connectivity index (χ3v) is 4.79. The summed E-state index contributed by atoms with van der Waals surface area (Å²) in [7, 11) is 0. The number of nitrogens with one attached hydrogen (secondary N) is 1. The number of rotatable bonds is 4. The topological polar surface area (TPSA) is 35.5 Å². The van der Waals surface area contributed by atoms with Crippen molar-refractivity contribution in [3.63, 3.8) is 0 Å². The van der Waals surface area contributed by atoms with Crippen LogP contribution in [0, 0.1) is 5.82 Å². The molecule has 0 saturated carbocycles. The van der Waals surface area contributed by atoms with Crippen molar-refractivity contribution < 1.29 is 9.50 Å². The van der Waals surface area contributed by atoms with E-state index in [0.717, 1.165) is 6.54 Å². The Balaban J connectivity index is 1.72. The van der Waals surface area contributed by atoms with Gasteiger partial charge in [-0.2, -0.15) is 0 Å². The molecule has 1 aromatic carbocycles. The molecule has 2 atom stereocenters. The molecule has 4 heteroatoms. The van der Waals surface area contributed by atoms with Gasteiger partial charge < -0.3 is 10.4 Å². The van der Waals surface area contributed by atoms with Gasteiger partial charge in [0.2, 0.25) is 0 Å². The van der Waals surface area contributed by atoms with Crippen LogP contribution in [-0.4, -0.2) is 34.7 Å². The molecule has 3 nitrogen and oxygen atoms in total. The van der Waals surface area contributed by atoms with Gasteiger partial charge >= 0.3 is 0 Å². The van der Waals surface area contributed by atoms with Crippen molar-refractivity contribution in [1.82, 2.24) is 10.2 Å². The van der Waals surface area contributed by atoms with E-state index in [1.165, 1.54) is 43.9 Å². The maximum atomic E-state index is 13.3. The molecule has 2 fully saturated rings. The summed E-state index contributed by atoms with van der Waals surface area (Å²) in [6.07, 6.45) is 4.90. The Morgan fingerprint density at radius 1 is 1.30 bits per heavy atom. The van der Waals surface area contributed by atoms with Crippen LogP contribution in [0.1, 0.15) is 38.2 Å². The summed E-state index contributed by atoms with van der Waals surface area (Å²) in [6, 6.07) is 6.04. The molecule has 3 rings (SSSR count). The van der Waals surface area contributed by atoms with Crippen molar-refractivity contribution in [3.05, 3.63) is 29.6 Å². The summed E-state index contributed by atoms with van der Waals surface area (Å²) in [5.41, 5.74) is 0.692. The van der Waals surface area contributed by atoms with Crippen LogP contribution < -0.4 is 5.32 Å². The van der Waals surface area contributed by atoms with E-state index in [4.69, 9.17) is 0 Å². The number of phenolic OH excluding ortho intramolecular Hbond substituents is 1. The van der Waals surface area contributed by atoms with E-state index in [-0.39, 0.29) is 11.6 Å². The second-order valence-electron chi connectivity index (χ2n) is 6.10. The molecule has 2 saturated heterocycles. The summed E-state index contributed by atoms with van der Waals surface area (Å²) in [5.74, 6) is -0.0824. The summed E-state index contributed by atoms with van der Waals surface area (Å²) in [5, 5.41) is 13.5. The van der Waals surface area contributed by atoms with Gasteiger partial charge in [-0.25, -0.2) is 4.39 Å². The third kappa shape index (κ3) is 2.81. The average Bonchev–Trinajstić information content (AvgIpc) is 2.78. The lowest BCUT2D eigenvalue weighted by molar-refractivity contribution is 0.139. The molecule has 0 aromatic heterocycles. The fourth-order valence-electron chi connectivity index (χ4n) is 3.72. The molecule has 20 heavy (non-hydrogen) atoms. The van der Waals surface area contributed by atoms with E-state index in [0.29, 0.717) is 30.2 Å². The highest BCUT2D eigenvalue weighted by atomic mass is 19.1. The van der Waals surface area contributed by atoms with Crippen LogP contribution in [0.15, 0.2) is 18.2 Å². The first-order valence-electron chi connectivity index (χ1n) is 7.63. The Labute approximate surface area is 119 Å². The predicted octanol–water partition coefficient (Wildman–Crippen LogP) is 2.64. The van der Waals surface area contributed by atoms with Crippen LogP contribution in [0.25, 0.3) is 0 Å². The second-order valence-corrected chi connectivity index (χ2v) is 6.10. The molecule has 0 amide bonds. The number of fused-ring (bicyclic) bond motifs is 2. The molecular weight excluding hydrogens is 255 g/mol. The van der Waals surface area contributed by atoms with Crippen LogP contribution in [0.2, 0.25) is 0 Å². The van der Waals surface area contributed by atoms with E-state index in [1.54, 1.807) is 0 Å². The van der Waals surface area contributed by atoms with Crippen LogP contribution in [0.3, 0.4) is 0 Å². The first-order chi connectivity index (χ1) is 9.65. The van der Waals surface area contributed by atoms with E-state index >= 15 is 0 Å². The SMILES string of the molecule is CCN(Cc1cc(F)ccc1O)C1CC2CCC(C1)N2. The summed E-state index contributed by atoms with van der Waals surface area (Å²) in [4.78, 5) is 2.38. The molecule has 2 aliphatic rings. The lowest BCUT2D eigenvalue weighted by atomic mass is 9.97. The summed E-state index contributed by atoms with van der Waals surface area (Å²) >= 11 is 0. The second kappa shape index (κ2) is 5.70. The van der Waals surface area contributed by atoms with Crippen LogP contribution in [-0.2, 0) is 6.54 Å². The molecule has 2 bridgehead atoms. The number of piperidine rings is 1. The number of benzene rings is 1. The molecule has 2 aliphatic heterocycles. The molecule has 0 radical (unpaired) electrons. The third-order valence-electron chi connectivity index (χ3n) is 4.79. The Hall–Kier alpha value is -1.13. The first kappa shape index (κ1) is 13.8. The Morgan fingerprint density at radius 2 is 2.00 bits per heavy atom. The number of halogens is 1. The van der Waals surface area contributed by atoms with Crippen molar-refractivity contribution >= 4 is 0 Å². The number of hydrogen-bond acceptors (Lipinski definition) is 3. The number of aromatic hydroxyl groups is 1. The standard InChI is InChI=1S/C16H23FN2O/c1-2-19(10-11-7-12(17)3-6-16(11)20)15-8-13-4-5-14(9-15)18-13/h3,6-7,13-15,18,20H,2,4-5,8-10H2,1H3. The van der Waals surface area contributed by atoms with E-state index < -0.39 is 0 Å². The minimum atomic E-state index is -0.278. The van der Waals surface area contributed by atoms with Crippen LogP contribution in [0.5, 0.6) is 5.75 Å². The van der Waals surface area contributed by atoms with Crippen LogP contribution in [0.4, 0.5) is 4.39 Å². The molecule has 110 valence electrons. The predicted molar refractivity (Wildman–Crippen MR) is 77.1 cm³/mol. The number of nitrogens with zero attached hydrogens (tertiary/aromatic N) is 1. The Kier molecular flexibility index (Phi) is 3.94. The molecule has 2 heterocycles. The Bertz CT molecular complexity index is 468. The zero-order valence-electron chi connectivity index (χ0n) is 12.0. The lowest BCUT2D eigenvalue weighted by Crippen LogP contribution is -2.47. The van der Waals surface area contributed by atoms with E-state index in [9.17, 15) is 9.50 Å². The van der Waals surface area contributed by atoms with Crippen molar-refractivity contribution in [3.8, 4) is 5.75 Å². The van der Waals surface area contributed by atoms with Crippen LogP contribution >= 0.6 is 0 Å². The van der Waals surface area contributed by atoms with Gasteiger partial charge in [-0.1, -0.05) is 6.92 Å². The smallest absolute Gasteiger partial charge is 0.123 e. The van der Waals surface area contributed by atoms with Gasteiger partial charge in [-0.3, -0.25) is 4.90 Å². The number of hydrogen-bond donors (Lipinski definition) is 2. The van der Waals surface area contributed by atoms with Gasteiger partial charge in [-0.05, 0) is 50.4 Å². The molecule has 0 spiro atoms. The highest BCUT2D eigenvalue weighted by molar-refractivity contribution is 5.32. The molecule has 2 N–H and O–H groups in total. The maximum absolute atomic E-state index is 13.3. The van der Waals surface area contributed by atoms with Crippen molar-refractivity contribution in [2.45, 2.75) is 57.3 Å². The van der Waals surface area contributed by atoms with Gasteiger partial charge in [0.25, 0.3) is 0 Å². The maximum Gasteiger partial charge on any atom is 0.123 e. The quantitative estimate of drug-likeness (QED) is 0.889. The van der Waals surface area contributed by atoms with Crippen molar-refractivity contribution in [2.75, 3.05) is 6.54 Å². The van der Waals surface area contributed by atoms with Gasteiger partial charge in [0, 0.05) is 30.2 Å². The fraction of sp³-hybridized carbons (Fsp3) is 0.625. The summed E-state index contributed by atoms with van der Waals surface area (Å²) < 4.78 is 13.3. The zero-order valence-corrected chi connectivity index (χ0v) is 12.0. The van der Waals surface area contributed by atoms with E-state index in [2.05, 4.69) is 17.1 Å². The first-order valence-corrected chi connectivity index (χ1v) is 7.63. The Morgan fingerprint density at radius 3 is 2.65 bits per heavy atom. The molecular formula is C16H23FN2O. The molecule has 0 aliphatic carbocycles. The van der Waals surface area contributed by atoms with Crippen molar-refractivity contribution in [2.24, 2.45) is 0 Å². The summed E-state index contributed by atoms with van der Waals surface area (Å²) in [6.45, 7) is 3.70.